The average Bonchev–Trinajstić information content (AvgIpc) is 2.37. The number of hydrogen-bond acceptors (Lipinski definition) is 0. The molecule has 0 amide bonds. The van der Waals surface area contributed by atoms with Crippen molar-refractivity contribution < 1.29 is 10.6 Å². The molecule has 0 N–H and O–H groups in total. The Morgan fingerprint density at radius 2 is 0.778 bits per heavy atom. The van der Waals surface area contributed by atoms with E-state index >= 15 is 0 Å². The third-order valence-corrected chi connectivity index (χ3v) is 3.94. The van der Waals surface area contributed by atoms with Crippen molar-refractivity contribution >= 4 is 0 Å². The van der Waals surface area contributed by atoms with Gasteiger partial charge in [-0.2, -0.15) is 0 Å². The SMILES string of the molecule is CCCC[N+](CCCC)(CCCC)CCCC.F.[H+]. The monoisotopic (exact) mass is 263 g/mol. The molecule has 0 radical (unpaired) electrons. The zero-order valence-electron chi connectivity index (χ0n) is 14.3. The van der Waals surface area contributed by atoms with Crippen LogP contribution in [-0.2, 0) is 0 Å². The molecular weight excluding hydrogens is 225 g/mol. The molecule has 0 aliphatic carbocycles. The fourth-order valence-electron chi connectivity index (χ4n) is 2.64. The van der Waals surface area contributed by atoms with Crippen molar-refractivity contribution in [1.29, 1.82) is 0 Å². The zero-order chi connectivity index (χ0) is 13.0. The lowest BCUT2D eigenvalue weighted by atomic mass is 10.1. The van der Waals surface area contributed by atoms with Gasteiger partial charge in [-0.05, 0) is 25.7 Å². The van der Waals surface area contributed by atoms with Gasteiger partial charge in [0, 0.05) is 0 Å². The molecule has 0 aromatic carbocycles. The third kappa shape index (κ3) is 8.91. The molecule has 0 aromatic rings. The second-order valence-corrected chi connectivity index (χ2v) is 5.65. The van der Waals surface area contributed by atoms with Crippen LogP contribution >= 0.6 is 0 Å². The summed E-state index contributed by atoms with van der Waals surface area (Å²) < 4.78 is 1.42. The highest BCUT2D eigenvalue weighted by Gasteiger charge is 2.24. The fourth-order valence-corrected chi connectivity index (χ4v) is 2.64. The Labute approximate surface area is 116 Å². The number of nitrogens with zero attached hydrogens (tertiary/aromatic N) is 1. The maximum Gasteiger partial charge on any atom is 1.00 e. The highest BCUT2D eigenvalue weighted by atomic mass is 19.0. The topological polar surface area (TPSA) is 0 Å². The zero-order valence-corrected chi connectivity index (χ0v) is 13.3. The molecule has 0 aliphatic heterocycles. The molecule has 1 nitrogen and oxygen atoms in total. The lowest BCUT2D eigenvalue weighted by Gasteiger charge is -2.39. The van der Waals surface area contributed by atoms with Gasteiger partial charge in [0.25, 0.3) is 0 Å². The van der Waals surface area contributed by atoms with Crippen LogP contribution in [0.2, 0.25) is 0 Å². The molecule has 112 valence electrons. The van der Waals surface area contributed by atoms with E-state index in [1.807, 2.05) is 0 Å². The summed E-state index contributed by atoms with van der Waals surface area (Å²) >= 11 is 0. The molecule has 0 spiro atoms. The van der Waals surface area contributed by atoms with Crippen LogP contribution in [0.3, 0.4) is 0 Å². The van der Waals surface area contributed by atoms with E-state index in [9.17, 15) is 0 Å². The number of hydrogen-bond donors (Lipinski definition) is 0. The van der Waals surface area contributed by atoms with Crippen molar-refractivity contribution in [2.24, 2.45) is 0 Å². The van der Waals surface area contributed by atoms with Gasteiger partial charge in [0.2, 0.25) is 0 Å². The maximum atomic E-state index is 2.33. The van der Waals surface area contributed by atoms with Gasteiger partial charge in [0.1, 0.15) is 0 Å². The van der Waals surface area contributed by atoms with Gasteiger partial charge < -0.3 is 4.48 Å². The summed E-state index contributed by atoms with van der Waals surface area (Å²) in [5, 5.41) is 0. The first-order valence-corrected chi connectivity index (χ1v) is 8.09. The number of unbranched alkanes of at least 4 members (excludes halogenated alkanes) is 4. The summed E-state index contributed by atoms with van der Waals surface area (Å²) in [5.74, 6) is 0. The van der Waals surface area contributed by atoms with Crippen LogP contribution in [0.15, 0.2) is 0 Å². The summed E-state index contributed by atoms with van der Waals surface area (Å²) in [6, 6.07) is 0. The van der Waals surface area contributed by atoms with Gasteiger partial charge in [-0.3, -0.25) is 4.70 Å². The molecular formula is C16H38FN+2. The highest BCUT2D eigenvalue weighted by molar-refractivity contribution is 4.49. The minimum absolute atomic E-state index is 0. The van der Waals surface area contributed by atoms with E-state index in [2.05, 4.69) is 27.7 Å². The average molecular weight is 263 g/mol. The van der Waals surface area contributed by atoms with E-state index in [1.54, 1.807) is 0 Å². The molecule has 2 heteroatoms. The Morgan fingerprint density at radius 1 is 0.556 bits per heavy atom. The minimum Gasteiger partial charge on any atom is -0.324 e. The van der Waals surface area contributed by atoms with Gasteiger partial charge >= 0.3 is 1.43 Å². The Morgan fingerprint density at radius 3 is 0.944 bits per heavy atom. The molecule has 0 rings (SSSR count). The minimum atomic E-state index is 0. The molecule has 0 heterocycles. The maximum absolute atomic E-state index is 2.33. The number of halogens is 1. The summed E-state index contributed by atoms with van der Waals surface area (Å²) in [6.07, 6.45) is 11.1. The van der Waals surface area contributed by atoms with Crippen molar-refractivity contribution in [1.82, 2.24) is 0 Å². The van der Waals surface area contributed by atoms with Crippen LogP contribution in [0.5, 0.6) is 0 Å². The van der Waals surface area contributed by atoms with Crippen molar-refractivity contribution in [2.75, 3.05) is 26.2 Å². The molecule has 0 unspecified atom stereocenters. The van der Waals surface area contributed by atoms with Gasteiger partial charge in [0.05, 0.1) is 26.2 Å². The van der Waals surface area contributed by atoms with E-state index in [0.717, 1.165) is 0 Å². The van der Waals surface area contributed by atoms with Gasteiger partial charge in [0.15, 0.2) is 0 Å². The van der Waals surface area contributed by atoms with Crippen LogP contribution in [0.4, 0.5) is 4.70 Å². The van der Waals surface area contributed by atoms with E-state index in [-0.39, 0.29) is 6.13 Å². The number of rotatable bonds is 12. The van der Waals surface area contributed by atoms with Gasteiger partial charge in [-0.25, -0.2) is 0 Å². The van der Waals surface area contributed by atoms with E-state index in [0.29, 0.717) is 0 Å². The van der Waals surface area contributed by atoms with Gasteiger partial charge in [-0.15, -0.1) is 0 Å². The highest BCUT2D eigenvalue weighted by Crippen LogP contribution is 2.16. The van der Waals surface area contributed by atoms with E-state index < -0.39 is 0 Å². The summed E-state index contributed by atoms with van der Waals surface area (Å²) in [7, 11) is 0. The van der Waals surface area contributed by atoms with Crippen molar-refractivity contribution in [3.8, 4) is 0 Å². The first-order chi connectivity index (χ1) is 8.24. The van der Waals surface area contributed by atoms with Crippen LogP contribution in [0, 0.1) is 0 Å². The lowest BCUT2D eigenvalue weighted by molar-refractivity contribution is -0.929. The van der Waals surface area contributed by atoms with Gasteiger partial charge in [-0.1, -0.05) is 53.4 Å². The van der Waals surface area contributed by atoms with Crippen molar-refractivity contribution in [3.05, 3.63) is 0 Å². The second-order valence-electron chi connectivity index (χ2n) is 5.65. The van der Waals surface area contributed by atoms with E-state index in [1.165, 1.54) is 82.0 Å². The first-order valence-electron chi connectivity index (χ1n) is 8.09. The summed E-state index contributed by atoms with van der Waals surface area (Å²) in [4.78, 5) is 0. The largest absolute Gasteiger partial charge is 1.00 e. The third-order valence-electron chi connectivity index (χ3n) is 3.94. The molecule has 0 saturated carbocycles. The molecule has 0 bridgehead atoms. The molecule has 0 fully saturated rings. The standard InChI is InChI=1S/C16H36N.FH/c1-5-9-13-17(14-10-6-2,15-11-7-3)16-12-8-4;/h5-16H2,1-4H3;1H/q+1;/p+1. The molecule has 0 atom stereocenters. The second kappa shape index (κ2) is 13.3. The quantitative estimate of drug-likeness (QED) is 0.421. The first kappa shape index (κ1) is 20.2. The smallest absolute Gasteiger partial charge is 0.324 e. The van der Waals surface area contributed by atoms with Crippen molar-refractivity contribution in [2.45, 2.75) is 79.1 Å². The van der Waals surface area contributed by atoms with Crippen LogP contribution in [-0.4, -0.2) is 30.7 Å². The van der Waals surface area contributed by atoms with Crippen LogP contribution < -0.4 is 0 Å². The number of quaternary nitrogens is 1. The summed E-state index contributed by atoms with van der Waals surface area (Å²) in [5.41, 5.74) is 0. The van der Waals surface area contributed by atoms with Crippen LogP contribution in [0.1, 0.15) is 80.5 Å². The molecule has 18 heavy (non-hydrogen) atoms. The molecule has 0 aromatic heterocycles. The fraction of sp³-hybridized carbons (Fsp3) is 1.00. The predicted molar refractivity (Wildman–Crippen MR) is 83.0 cm³/mol. The predicted octanol–water partition coefficient (Wildman–Crippen LogP) is 5.27. The normalized spacial score (nSPS) is 11.3. The Kier molecular flexibility index (Phi) is 15.0. The molecule has 0 saturated heterocycles. The summed E-state index contributed by atoms with van der Waals surface area (Å²) in [6.45, 7) is 15.0. The Hall–Kier alpha value is -0.110. The van der Waals surface area contributed by atoms with Crippen molar-refractivity contribution in [3.63, 3.8) is 0 Å². The lowest BCUT2D eigenvalue weighted by Crippen LogP contribution is -2.50. The molecule has 0 aliphatic rings. The Bertz CT molecular complexity index is 127. The van der Waals surface area contributed by atoms with E-state index in [4.69, 9.17) is 0 Å². The Balaban J connectivity index is -0.00000128. The van der Waals surface area contributed by atoms with Crippen LogP contribution in [0.25, 0.3) is 0 Å².